The average molecular weight is 434 g/mol. The van der Waals surface area contributed by atoms with Crippen molar-refractivity contribution in [2.24, 2.45) is 0 Å². The van der Waals surface area contributed by atoms with Gasteiger partial charge in [0.05, 0.1) is 0 Å². The lowest BCUT2D eigenvalue weighted by molar-refractivity contribution is 0.533. The Kier molecular flexibility index (Phi) is 21.9. The molecule has 0 aliphatic carbocycles. The highest BCUT2D eigenvalue weighted by molar-refractivity contribution is 7.34. The molecule has 0 saturated carbocycles. The van der Waals surface area contributed by atoms with E-state index < -0.39 is 7.42 Å². The zero-order valence-corrected chi connectivity index (χ0v) is 21.8. The van der Waals surface area contributed by atoms with Crippen LogP contribution in [0, 0.1) is 0 Å². The first-order valence-electron chi connectivity index (χ1n) is 10.1. The standard InChI is InChI=1S/C10H23ClSi.C9H20Cl2Si/c1-4-5-6-7-8-9-10(2,3)12-11;1-3-4-5-6-7-8-9(2)12(10)11/h4-9,12H2,1-3H3;9,12H,3-8H2,1-2H3. The lowest BCUT2D eigenvalue weighted by Gasteiger charge is -2.20. The van der Waals surface area contributed by atoms with Gasteiger partial charge in [0.15, 0.2) is 0 Å². The Morgan fingerprint density at radius 3 is 1.71 bits per heavy atom. The van der Waals surface area contributed by atoms with Crippen molar-refractivity contribution >= 4 is 49.5 Å². The SMILES string of the molecule is CCCCCCCC(C)(C)[SiH2]Cl.CCCCCCCC(C)[SiH](Cl)Cl. The molecule has 148 valence electrons. The molecule has 0 radical (unpaired) electrons. The fourth-order valence-electron chi connectivity index (χ4n) is 2.47. The van der Waals surface area contributed by atoms with Crippen LogP contribution in [0.2, 0.25) is 10.6 Å². The molecule has 1 unspecified atom stereocenters. The van der Waals surface area contributed by atoms with Gasteiger partial charge in [0.25, 0.3) is 0 Å². The highest BCUT2D eigenvalue weighted by Crippen LogP contribution is 2.31. The van der Waals surface area contributed by atoms with Crippen molar-refractivity contribution in [1.29, 1.82) is 0 Å². The largest absolute Gasteiger partial charge is 0.239 e. The molecule has 0 nitrogen and oxygen atoms in total. The minimum Gasteiger partial charge on any atom is -0.176 e. The van der Waals surface area contributed by atoms with E-state index in [1.165, 1.54) is 77.0 Å². The predicted octanol–water partition coefficient (Wildman–Crippen LogP) is 8.30. The summed E-state index contributed by atoms with van der Waals surface area (Å²) in [5.41, 5.74) is 0.593. The molecule has 0 aromatic carbocycles. The molecule has 0 aliphatic heterocycles. The highest BCUT2D eigenvalue weighted by Gasteiger charge is 2.15. The molecular formula is C19H43Cl3Si2. The Morgan fingerprint density at radius 1 is 0.833 bits per heavy atom. The molecule has 1 atom stereocenters. The molecule has 0 spiro atoms. The van der Waals surface area contributed by atoms with Gasteiger partial charge in [-0.25, -0.2) is 0 Å². The second-order valence-corrected chi connectivity index (χ2v) is 16.3. The minimum atomic E-state index is -1.38. The van der Waals surface area contributed by atoms with Crippen LogP contribution in [-0.2, 0) is 0 Å². The molecule has 0 aromatic rings. The second-order valence-electron chi connectivity index (χ2n) is 7.98. The predicted molar refractivity (Wildman–Crippen MR) is 123 cm³/mol. The van der Waals surface area contributed by atoms with Crippen LogP contribution in [0.15, 0.2) is 0 Å². The third-order valence-electron chi connectivity index (χ3n) is 4.51. The number of rotatable bonds is 14. The molecule has 0 heterocycles. The summed E-state index contributed by atoms with van der Waals surface area (Å²) in [6.07, 6.45) is 16.2. The normalized spacial score (nSPS) is 13.4. The van der Waals surface area contributed by atoms with E-state index in [-0.39, 0.29) is 8.83 Å². The van der Waals surface area contributed by atoms with E-state index >= 15 is 0 Å². The van der Waals surface area contributed by atoms with Gasteiger partial charge >= 0.3 is 0 Å². The lowest BCUT2D eigenvalue weighted by atomic mass is 10.0. The fraction of sp³-hybridized carbons (Fsp3) is 1.00. The maximum absolute atomic E-state index is 5.97. The van der Waals surface area contributed by atoms with E-state index in [9.17, 15) is 0 Å². The van der Waals surface area contributed by atoms with Gasteiger partial charge in [0.2, 0.25) is 7.42 Å². The summed E-state index contributed by atoms with van der Waals surface area (Å²) in [7, 11) is -1.70. The molecular weight excluding hydrogens is 391 g/mol. The molecule has 0 fully saturated rings. The summed E-state index contributed by atoms with van der Waals surface area (Å²) in [4.78, 5) is 0. The van der Waals surface area contributed by atoms with Crippen molar-refractivity contribution in [2.75, 3.05) is 0 Å². The summed E-state index contributed by atoms with van der Waals surface area (Å²) >= 11 is 17.7. The van der Waals surface area contributed by atoms with Crippen LogP contribution in [0.3, 0.4) is 0 Å². The maximum Gasteiger partial charge on any atom is 0.239 e. The minimum absolute atomic E-state index is 0.325. The Morgan fingerprint density at radius 2 is 1.29 bits per heavy atom. The van der Waals surface area contributed by atoms with Crippen molar-refractivity contribution in [3.05, 3.63) is 0 Å². The van der Waals surface area contributed by atoms with E-state index in [0.717, 1.165) is 0 Å². The van der Waals surface area contributed by atoms with Gasteiger partial charge in [0.1, 0.15) is 8.83 Å². The Balaban J connectivity index is 0. The smallest absolute Gasteiger partial charge is 0.176 e. The van der Waals surface area contributed by atoms with Gasteiger partial charge in [-0.1, -0.05) is 105 Å². The van der Waals surface area contributed by atoms with Crippen molar-refractivity contribution in [2.45, 2.75) is 122 Å². The number of halogens is 3. The number of hydrogen-bond acceptors (Lipinski definition) is 0. The first kappa shape index (κ1) is 27.5. The van der Waals surface area contributed by atoms with E-state index in [0.29, 0.717) is 10.6 Å². The summed E-state index contributed by atoms with van der Waals surface area (Å²) in [6, 6.07) is 0. The fourth-order valence-corrected chi connectivity index (χ4v) is 4.50. The first-order valence-corrected chi connectivity index (χ1v) is 17.1. The number of hydrogen-bond donors (Lipinski definition) is 0. The summed E-state index contributed by atoms with van der Waals surface area (Å²) in [5.74, 6) is 0. The van der Waals surface area contributed by atoms with Crippen molar-refractivity contribution in [3.63, 3.8) is 0 Å². The highest BCUT2D eigenvalue weighted by atomic mass is 35.7. The third-order valence-corrected chi connectivity index (χ3v) is 11.5. The molecule has 0 amide bonds. The third kappa shape index (κ3) is 21.3. The lowest BCUT2D eigenvalue weighted by Crippen LogP contribution is -2.07. The maximum atomic E-state index is 5.97. The molecule has 0 N–H and O–H groups in total. The van der Waals surface area contributed by atoms with Crippen molar-refractivity contribution in [3.8, 4) is 0 Å². The molecule has 5 heteroatoms. The van der Waals surface area contributed by atoms with Crippen LogP contribution >= 0.6 is 33.2 Å². The Hall–Kier alpha value is 1.30. The summed E-state index contributed by atoms with van der Waals surface area (Å²) < 4.78 is 0. The topological polar surface area (TPSA) is 0 Å². The molecule has 0 rings (SSSR count). The van der Waals surface area contributed by atoms with Gasteiger partial charge in [-0.3, -0.25) is 0 Å². The van der Waals surface area contributed by atoms with Crippen LogP contribution in [0.25, 0.3) is 0 Å². The number of unbranched alkanes of at least 4 members (excludes halogenated alkanes) is 8. The quantitative estimate of drug-likeness (QED) is 0.147. The van der Waals surface area contributed by atoms with Crippen LogP contribution in [0.4, 0.5) is 0 Å². The molecule has 0 saturated heterocycles. The van der Waals surface area contributed by atoms with E-state index in [1.54, 1.807) is 0 Å². The Labute approximate surface area is 171 Å². The van der Waals surface area contributed by atoms with Crippen molar-refractivity contribution in [1.82, 2.24) is 0 Å². The van der Waals surface area contributed by atoms with Gasteiger partial charge < -0.3 is 0 Å². The molecule has 0 aliphatic rings. The summed E-state index contributed by atoms with van der Waals surface area (Å²) in [5, 5.41) is 0.494. The summed E-state index contributed by atoms with van der Waals surface area (Å²) in [6.45, 7) is 11.3. The van der Waals surface area contributed by atoms with Gasteiger partial charge in [0, 0.05) is 0 Å². The molecule has 0 aromatic heterocycles. The molecule has 0 bridgehead atoms. The van der Waals surface area contributed by atoms with Crippen LogP contribution < -0.4 is 0 Å². The first-order chi connectivity index (χ1) is 11.3. The van der Waals surface area contributed by atoms with Gasteiger partial charge in [-0.05, 0) is 17.0 Å². The van der Waals surface area contributed by atoms with Crippen molar-refractivity contribution < 1.29 is 0 Å². The van der Waals surface area contributed by atoms with E-state index in [1.807, 2.05) is 0 Å². The zero-order valence-electron chi connectivity index (χ0n) is 17.0. The second kappa shape index (κ2) is 19.1. The Bertz CT molecular complexity index is 249. The van der Waals surface area contributed by atoms with Gasteiger partial charge in [-0.15, -0.1) is 0 Å². The van der Waals surface area contributed by atoms with Crippen LogP contribution in [0.5, 0.6) is 0 Å². The van der Waals surface area contributed by atoms with E-state index in [4.69, 9.17) is 33.2 Å². The van der Waals surface area contributed by atoms with Gasteiger partial charge in [-0.2, -0.15) is 33.2 Å². The van der Waals surface area contributed by atoms with E-state index in [2.05, 4.69) is 34.6 Å². The zero-order chi connectivity index (χ0) is 18.8. The molecule has 24 heavy (non-hydrogen) atoms. The van der Waals surface area contributed by atoms with Crippen LogP contribution in [-0.4, -0.2) is 16.2 Å². The average Bonchev–Trinajstić information content (AvgIpc) is 2.54. The monoisotopic (exact) mass is 432 g/mol. The van der Waals surface area contributed by atoms with Crippen LogP contribution in [0.1, 0.15) is 112 Å².